The number of rotatable bonds is 2. The molecule has 1 aliphatic heterocycles. The van der Waals surface area contributed by atoms with Crippen molar-refractivity contribution in [2.45, 2.75) is 31.3 Å². The number of carbonyl (C=O) groups is 1. The summed E-state index contributed by atoms with van der Waals surface area (Å²) in [7, 11) is 0. The Bertz CT molecular complexity index is 426. The molecule has 1 unspecified atom stereocenters. The minimum atomic E-state index is -0.709. The molecule has 3 heteroatoms. The second-order valence-corrected chi connectivity index (χ2v) is 4.66. The molecule has 1 saturated carbocycles. The van der Waals surface area contributed by atoms with Crippen LogP contribution in [0.3, 0.4) is 0 Å². The standard InChI is InChI=1S/C13H15NO2/c15-13(16)12-11-4-2-1-3-9(11)7-8-14(12)10-5-6-10/h1-4,10,12H,5-8H2,(H,15,16). The number of carboxylic acid groups (broad SMARTS) is 1. The maximum atomic E-state index is 11.4. The summed E-state index contributed by atoms with van der Waals surface area (Å²) in [6, 6.07) is 8.03. The monoisotopic (exact) mass is 217 g/mol. The summed E-state index contributed by atoms with van der Waals surface area (Å²) in [5.74, 6) is -0.709. The van der Waals surface area contributed by atoms with E-state index in [1.807, 2.05) is 18.2 Å². The number of fused-ring (bicyclic) bond motifs is 1. The van der Waals surface area contributed by atoms with Crippen LogP contribution in [0.25, 0.3) is 0 Å². The van der Waals surface area contributed by atoms with Gasteiger partial charge in [0.2, 0.25) is 0 Å². The zero-order valence-electron chi connectivity index (χ0n) is 9.10. The molecule has 1 aliphatic carbocycles. The zero-order valence-corrected chi connectivity index (χ0v) is 9.10. The van der Waals surface area contributed by atoms with Crippen LogP contribution in [0.4, 0.5) is 0 Å². The molecular formula is C13H15NO2. The van der Waals surface area contributed by atoms with E-state index in [0.717, 1.165) is 31.4 Å². The molecule has 3 rings (SSSR count). The van der Waals surface area contributed by atoms with Gasteiger partial charge in [-0.1, -0.05) is 24.3 Å². The van der Waals surface area contributed by atoms with E-state index >= 15 is 0 Å². The predicted molar refractivity (Wildman–Crippen MR) is 60.3 cm³/mol. The molecule has 0 spiro atoms. The van der Waals surface area contributed by atoms with Gasteiger partial charge in [-0.15, -0.1) is 0 Å². The van der Waals surface area contributed by atoms with Gasteiger partial charge in [-0.25, -0.2) is 0 Å². The van der Waals surface area contributed by atoms with Crippen molar-refractivity contribution in [2.24, 2.45) is 0 Å². The van der Waals surface area contributed by atoms with Gasteiger partial charge < -0.3 is 5.11 Å². The third-order valence-electron chi connectivity index (χ3n) is 3.57. The van der Waals surface area contributed by atoms with Crippen molar-refractivity contribution in [3.05, 3.63) is 35.4 Å². The fraction of sp³-hybridized carbons (Fsp3) is 0.462. The lowest BCUT2D eigenvalue weighted by Crippen LogP contribution is -2.41. The van der Waals surface area contributed by atoms with Crippen LogP contribution in [0.1, 0.15) is 30.0 Å². The third-order valence-corrected chi connectivity index (χ3v) is 3.57. The Kier molecular flexibility index (Phi) is 2.21. The molecule has 0 aromatic heterocycles. The van der Waals surface area contributed by atoms with E-state index in [0.29, 0.717) is 6.04 Å². The number of hydrogen-bond acceptors (Lipinski definition) is 2. The first-order chi connectivity index (χ1) is 7.77. The van der Waals surface area contributed by atoms with E-state index < -0.39 is 12.0 Å². The van der Waals surface area contributed by atoms with E-state index in [-0.39, 0.29) is 0 Å². The smallest absolute Gasteiger partial charge is 0.325 e. The van der Waals surface area contributed by atoms with Crippen molar-refractivity contribution in [1.82, 2.24) is 4.90 Å². The molecule has 2 aliphatic rings. The molecule has 1 fully saturated rings. The van der Waals surface area contributed by atoms with Gasteiger partial charge >= 0.3 is 5.97 Å². The van der Waals surface area contributed by atoms with E-state index in [4.69, 9.17) is 0 Å². The second-order valence-electron chi connectivity index (χ2n) is 4.66. The van der Waals surface area contributed by atoms with Crippen LogP contribution in [0, 0.1) is 0 Å². The molecule has 0 amide bonds. The lowest BCUT2D eigenvalue weighted by molar-refractivity contribution is -0.144. The van der Waals surface area contributed by atoms with E-state index in [1.54, 1.807) is 0 Å². The van der Waals surface area contributed by atoms with Crippen molar-refractivity contribution in [1.29, 1.82) is 0 Å². The van der Waals surface area contributed by atoms with Crippen LogP contribution >= 0.6 is 0 Å². The predicted octanol–water partition coefficient (Wildman–Crippen LogP) is 1.83. The summed E-state index contributed by atoms with van der Waals surface area (Å²) in [6.07, 6.45) is 3.30. The average molecular weight is 217 g/mol. The first kappa shape index (κ1) is 9.85. The first-order valence-corrected chi connectivity index (χ1v) is 5.84. The van der Waals surface area contributed by atoms with Crippen molar-refractivity contribution >= 4 is 5.97 Å². The lowest BCUT2D eigenvalue weighted by Gasteiger charge is -2.34. The lowest BCUT2D eigenvalue weighted by atomic mass is 9.92. The molecule has 84 valence electrons. The summed E-state index contributed by atoms with van der Waals surface area (Å²) in [6.45, 7) is 0.888. The zero-order chi connectivity index (χ0) is 11.1. The molecule has 0 radical (unpaired) electrons. The number of nitrogens with zero attached hydrogens (tertiary/aromatic N) is 1. The Morgan fingerprint density at radius 2 is 2.06 bits per heavy atom. The highest BCUT2D eigenvalue weighted by Gasteiger charge is 2.40. The average Bonchev–Trinajstić information content (AvgIpc) is 3.11. The number of hydrogen-bond donors (Lipinski definition) is 1. The molecule has 1 N–H and O–H groups in total. The molecule has 1 aromatic carbocycles. The van der Waals surface area contributed by atoms with Crippen molar-refractivity contribution in [3.8, 4) is 0 Å². The first-order valence-electron chi connectivity index (χ1n) is 5.84. The topological polar surface area (TPSA) is 40.5 Å². The summed E-state index contributed by atoms with van der Waals surface area (Å²) < 4.78 is 0. The van der Waals surface area contributed by atoms with E-state index in [1.165, 1.54) is 5.56 Å². The van der Waals surface area contributed by atoms with Crippen molar-refractivity contribution in [3.63, 3.8) is 0 Å². The molecule has 16 heavy (non-hydrogen) atoms. The van der Waals surface area contributed by atoms with Crippen molar-refractivity contribution < 1.29 is 9.90 Å². The molecule has 1 aromatic rings. The molecule has 1 heterocycles. The maximum absolute atomic E-state index is 11.4. The highest BCUT2D eigenvalue weighted by atomic mass is 16.4. The van der Waals surface area contributed by atoms with Gasteiger partial charge in [-0.3, -0.25) is 9.69 Å². The Morgan fingerprint density at radius 1 is 1.31 bits per heavy atom. The molecule has 0 bridgehead atoms. The molecule has 0 saturated heterocycles. The fourth-order valence-corrected chi connectivity index (χ4v) is 2.66. The van der Waals surface area contributed by atoms with Gasteiger partial charge in [-0.05, 0) is 30.4 Å². The molecule has 3 nitrogen and oxygen atoms in total. The SMILES string of the molecule is O=C(O)C1c2ccccc2CCN1C1CC1. The van der Waals surface area contributed by atoms with Gasteiger partial charge in [0, 0.05) is 12.6 Å². The molecular weight excluding hydrogens is 202 g/mol. The summed E-state index contributed by atoms with van der Waals surface area (Å²) in [5, 5.41) is 9.39. The number of benzene rings is 1. The summed E-state index contributed by atoms with van der Waals surface area (Å²) >= 11 is 0. The maximum Gasteiger partial charge on any atom is 0.325 e. The largest absolute Gasteiger partial charge is 0.480 e. The van der Waals surface area contributed by atoms with Gasteiger partial charge in [0.05, 0.1) is 0 Å². The van der Waals surface area contributed by atoms with Crippen molar-refractivity contribution in [2.75, 3.05) is 6.54 Å². The van der Waals surface area contributed by atoms with Crippen LogP contribution < -0.4 is 0 Å². The van der Waals surface area contributed by atoms with Crippen LogP contribution in [-0.2, 0) is 11.2 Å². The highest BCUT2D eigenvalue weighted by Crippen LogP contribution is 2.38. The number of carboxylic acids is 1. The number of aliphatic carboxylic acids is 1. The van der Waals surface area contributed by atoms with Gasteiger partial charge in [0.1, 0.15) is 6.04 Å². The minimum Gasteiger partial charge on any atom is -0.480 e. The fourth-order valence-electron chi connectivity index (χ4n) is 2.66. The van der Waals surface area contributed by atoms with Crippen LogP contribution in [0.15, 0.2) is 24.3 Å². The normalized spacial score (nSPS) is 25.1. The summed E-state index contributed by atoms with van der Waals surface area (Å²) in [4.78, 5) is 13.6. The van der Waals surface area contributed by atoms with E-state index in [2.05, 4.69) is 11.0 Å². The Hall–Kier alpha value is -1.35. The van der Waals surface area contributed by atoms with Gasteiger partial charge in [0.15, 0.2) is 0 Å². The highest BCUT2D eigenvalue weighted by molar-refractivity contribution is 5.76. The third kappa shape index (κ3) is 1.52. The minimum absolute atomic E-state index is 0.419. The van der Waals surface area contributed by atoms with Crippen LogP contribution in [-0.4, -0.2) is 28.6 Å². The van der Waals surface area contributed by atoms with Crippen LogP contribution in [0.2, 0.25) is 0 Å². The van der Waals surface area contributed by atoms with Crippen LogP contribution in [0.5, 0.6) is 0 Å². The van der Waals surface area contributed by atoms with Gasteiger partial charge in [-0.2, -0.15) is 0 Å². The van der Waals surface area contributed by atoms with Gasteiger partial charge in [0.25, 0.3) is 0 Å². The quantitative estimate of drug-likeness (QED) is 0.821. The Labute approximate surface area is 94.7 Å². The second kappa shape index (κ2) is 3.59. The Morgan fingerprint density at radius 3 is 2.75 bits per heavy atom. The summed E-state index contributed by atoms with van der Waals surface area (Å²) in [5.41, 5.74) is 2.19. The Balaban J connectivity index is 2.01. The van der Waals surface area contributed by atoms with E-state index in [9.17, 15) is 9.90 Å². The molecule has 1 atom stereocenters.